The van der Waals surface area contributed by atoms with Gasteiger partial charge in [0.05, 0.1) is 16.7 Å². The summed E-state index contributed by atoms with van der Waals surface area (Å²) >= 11 is 0. The molecule has 4 aromatic rings. The molecule has 0 saturated heterocycles. The molecule has 4 rings (SSSR count). The molecule has 7 heteroatoms. The first kappa shape index (κ1) is 20.3. The van der Waals surface area contributed by atoms with Crippen molar-refractivity contribution in [3.05, 3.63) is 108 Å². The maximum atomic E-state index is 12.5. The molecule has 0 bridgehead atoms. The first-order chi connectivity index (χ1) is 15.0. The molecule has 154 valence electrons. The van der Waals surface area contributed by atoms with Gasteiger partial charge < -0.3 is 4.74 Å². The van der Waals surface area contributed by atoms with Crippen LogP contribution in [-0.4, -0.2) is 20.6 Å². The number of carbonyl (C=O) groups is 1. The van der Waals surface area contributed by atoms with Crippen LogP contribution in [0.25, 0.3) is 10.8 Å². The normalized spacial score (nSPS) is 11.5. The van der Waals surface area contributed by atoms with Crippen molar-refractivity contribution in [3.8, 4) is 5.75 Å². The van der Waals surface area contributed by atoms with Crippen LogP contribution >= 0.6 is 0 Å². The monoisotopic (exact) mass is 430 g/mol. The van der Waals surface area contributed by atoms with Crippen LogP contribution in [0, 0.1) is 0 Å². The van der Waals surface area contributed by atoms with Crippen LogP contribution < -0.4 is 9.57 Å². The number of fused-ring (bicyclic) bond motifs is 1. The zero-order valence-electron chi connectivity index (χ0n) is 16.3. The van der Waals surface area contributed by atoms with E-state index in [0.29, 0.717) is 11.1 Å². The summed E-state index contributed by atoms with van der Waals surface area (Å²) in [6.07, 6.45) is 1.34. The van der Waals surface area contributed by atoms with Gasteiger partial charge in [-0.1, -0.05) is 66.7 Å². The average molecular weight is 430 g/mol. The SMILES string of the molecule is O=C(Oc1ccc2ccccc2c1C=NNS(=O)(=O)c1ccccc1)c1ccccc1. The molecule has 0 aromatic heterocycles. The number of nitrogens with zero attached hydrogens (tertiary/aromatic N) is 1. The molecule has 0 atom stereocenters. The van der Waals surface area contributed by atoms with Crippen molar-refractivity contribution >= 4 is 33.0 Å². The molecule has 0 saturated carbocycles. The lowest BCUT2D eigenvalue weighted by Crippen LogP contribution is -2.18. The third kappa shape index (κ3) is 4.62. The summed E-state index contributed by atoms with van der Waals surface area (Å²) in [5, 5.41) is 5.59. The summed E-state index contributed by atoms with van der Waals surface area (Å²) in [7, 11) is -3.82. The van der Waals surface area contributed by atoms with E-state index in [1.807, 2.05) is 36.4 Å². The number of sulfonamides is 1. The quantitative estimate of drug-likeness (QED) is 0.213. The molecule has 6 nitrogen and oxygen atoms in total. The fraction of sp³-hybridized carbons (Fsp3) is 0. The highest BCUT2D eigenvalue weighted by Crippen LogP contribution is 2.27. The summed E-state index contributed by atoms with van der Waals surface area (Å²) in [5.41, 5.74) is 0.890. The molecular formula is C24H18N2O4S. The second kappa shape index (κ2) is 8.81. The molecule has 0 aliphatic rings. The average Bonchev–Trinajstić information content (AvgIpc) is 2.81. The predicted molar refractivity (Wildman–Crippen MR) is 120 cm³/mol. The fourth-order valence-electron chi connectivity index (χ4n) is 3.04. The molecule has 4 aromatic carbocycles. The standard InChI is InChI=1S/C24H18N2O4S/c27-24(19-10-3-1-4-11-19)30-23-16-15-18-9-7-8-14-21(18)22(23)17-25-26-31(28,29)20-12-5-2-6-13-20/h1-17,26H. The van der Waals surface area contributed by atoms with Crippen molar-refractivity contribution in [2.24, 2.45) is 5.10 Å². The fourth-order valence-corrected chi connectivity index (χ4v) is 3.86. The number of esters is 1. The van der Waals surface area contributed by atoms with Crippen LogP contribution in [0.2, 0.25) is 0 Å². The van der Waals surface area contributed by atoms with Crippen molar-refractivity contribution in [1.29, 1.82) is 0 Å². The lowest BCUT2D eigenvalue weighted by molar-refractivity contribution is 0.0734. The van der Waals surface area contributed by atoms with Gasteiger partial charge in [-0.15, -0.1) is 0 Å². The molecule has 31 heavy (non-hydrogen) atoms. The number of hydrogen-bond donors (Lipinski definition) is 1. The van der Waals surface area contributed by atoms with Crippen LogP contribution in [0.3, 0.4) is 0 Å². The van der Waals surface area contributed by atoms with Gasteiger partial charge in [0.15, 0.2) is 0 Å². The zero-order chi connectivity index (χ0) is 21.7. The van der Waals surface area contributed by atoms with E-state index in [9.17, 15) is 13.2 Å². The molecule has 1 N–H and O–H groups in total. The van der Waals surface area contributed by atoms with Gasteiger partial charge in [0.1, 0.15) is 5.75 Å². The lowest BCUT2D eigenvalue weighted by atomic mass is 10.0. The van der Waals surface area contributed by atoms with E-state index in [4.69, 9.17) is 4.74 Å². The molecule has 0 heterocycles. The van der Waals surface area contributed by atoms with Gasteiger partial charge in [-0.25, -0.2) is 9.63 Å². The number of rotatable bonds is 6. The molecule has 0 aliphatic heterocycles. The van der Waals surface area contributed by atoms with E-state index in [2.05, 4.69) is 9.93 Å². The molecule has 0 spiro atoms. The minimum Gasteiger partial charge on any atom is -0.422 e. The Labute approximate surface area is 179 Å². The Hall–Kier alpha value is -3.97. The first-order valence-corrected chi connectivity index (χ1v) is 10.9. The van der Waals surface area contributed by atoms with Gasteiger partial charge in [0, 0.05) is 5.56 Å². The van der Waals surface area contributed by atoms with E-state index in [0.717, 1.165) is 10.8 Å². The van der Waals surface area contributed by atoms with Gasteiger partial charge in [0.2, 0.25) is 0 Å². The van der Waals surface area contributed by atoms with Crippen LogP contribution in [0.15, 0.2) is 107 Å². The number of carbonyl (C=O) groups excluding carboxylic acids is 1. The summed E-state index contributed by atoms with van der Waals surface area (Å²) in [6.45, 7) is 0. The predicted octanol–water partition coefficient (Wildman–Crippen LogP) is 4.37. The Balaban J connectivity index is 1.67. The summed E-state index contributed by atoms with van der Waals surface area (Å²) in [5.74, 6) is -0.245. The number of hydrogen-bond acceptors (Lipinski definition) is 5. The smallest absolute Gasteiger partial charge is 0.343 e. The van der Waals surface area contributed by atoms with Crippen LogP contribution in [0.5, 0.6) is 5.75 Å². The van der Waals surface area contributed by atoms with Gasteiger partial charge in [-0.2, -0.15) is 13.5 Å². The molecule has 0 radical (unpaired) electrons. The zero-order valence-corrected chi connectivity index (χ0v) is 17.1. The van der Waals surface area contributed by atoms with Gasteiger partial charge in [-0.3, -0.25) is 0 Å². The second-order valence-corrected chi connectivity index (χ2v) is 8.28. The molecule has 0 aliphatic carbocycles. The van der Waals surface area contributed by atoms with Gasteiger partial charge in [0.25, 0.3) is 10.0 Å². The third-order valence-corrected chi connectivity index (χ3v) is 5.80. The van der Waals surface area contributed by atoms with Crippen molar-refractivity contribution in [1.82, 2.24) is 4.83 Å². The molecular weight excluding hydrogens is 412 g/mol. The maximum Gasteiger partial charge on any atom is 0.343 e. The van der Waals surface area contributed by atoms with Crippen molar-refractivity contribution in [2.75, 3.05) is 0 Å². The maximum absolute atomic E-state index is 12.5. The van der Waals surface area contributed by atoms with Crippen LogP contribution in [0.1, 0.15) is 15.9 Å². The van der Waals surface area contributed by atoms with Crippen molar-refractivity contribution < 1.29 is 17.9 Å². The first-order valence-electron chi connectivity index (χ1n) is 9.43. The van der Waals surface area contributed by atoms with E-state index in [1.165, 1.54) is 18.3 Å². The lowest BCUT2D eigenvalue weighted by Gasteiger charge is -2.11. The molecule has 0 amide bonds. The Morgan fingerprint density at radius 1 is 0.806 bits per heavy atom. The Bertz CT molecular complexity index is 1350. The van der Waals surface area contributed by atoms with Gasteiger partial charge >= 0.3 is 5.97 Å². The minimum absolute atomic E-state index is 0.0980. The number of nitrogens with one attached hydrogen (secondary N) is 1. The number of hydrazone groups is 1. The largest absolute Gasteiger partial charge is 0.422 e. The third-order valence-electron chi connectivity index (χ3n) is 4.56. The second-order valence-electron chi connectivity index (χ2n) is 6.62. The van der Waals surface area contributed by atoms with E-state index in [-0.39, 0.29) is 10.6 Å². The van der Waals surface area contributed by atoms with E-state index < -0.39 is 16.0 Å². The minimum atomic E-state index is -3.82. The number of ether oxygens (including phenoxy) is 1. The van der Waals surface area contributed by atoms with Gasteiger partial charge in [-0.05, 0) is 41.1 Å². The molecule has 0 unspecified atom stereocenters. The Kier molecular flexibility index (Phi) is 5.77. The van der Waals surface area contributed by atoms with Crippen molar-refractivity contribution in [3.63, 3.8) is 0 Å². The van der Waals surface area contributed by atoms with E-state index >= 15 is 0 Å². The number of benzene rings is 4. The highest BCUT2D eigenvalue weighted by Gasteiger charge is 2.14. The van der Waals surface area contributed by atoms with E-state index in [1.54, 1.807) is 48.5 Å². The summed E-state index contributed by atoms with van der Waals surface area (Å²) < 4.78 is 30.4. The summed E-state index contributed by atoms with van der Waals surface area (Å²) in [4.78, 5) is 14.8. The highest BCUT2D eigenvalue weighted by atomic mass is 32.2. The highest BCUT2D eigenvalue weighted by molar-refractivity contribution is 7.89. The Morgan fingerprint density at radius 3 is 2.19 bits per heavy atom. The van der Waals surface area contributed by atoms with Crippen LogP contribution in [-0.2, 0) is 10.0 Å². The summed E-state index contributed by atoms with van der Waals surface area (Å²) in [6, 6.07) is 27.5. The van der Waals surface area contributed by atoms with Crippen LogP contribution in [0.4, 0.5) is 0 Å². The molecule has 0 fully saturated rings. The Morgan fingerprint density at radius 2 is 1.45 bits per heavy atom. The topological polar surface area (TPSA) is 84.8 Å². The van der Waals surface area contributed by atoms with Crippen molar-refractivity contribution in [2.45, 2.75) is 4.90 Å².